The SMILES string of the molecule is O=S1(=O)Nc2c(cc(Cl)c3c(Cl)c[nH]c23)CN1Cc1cccc(F)c1. The largest absolute Gasteiger partial charge is 0.358 e. The molecule has 4 rings (SSSR count). The molecule has 25 heavy (non-hydrogen) atoms. The summed E-state index contributed by atoms with van der Waals surface area (Å²) in [5.74, 6) is -0.411. The van der Waals surface area contributed by atoms with Gasteiger partial charge < -0.3 is 4.98 Å². The minimum Gasteiger partial charge on any atom is -0.358 e. The van der Waals surface area contributed by atoms with Gasteiger partial charge >= 0.3 is 10.2 Å². The zero-order valence-electron chi connectivity index (χ0n) is 12.7. The average molecular weight is 400 g/mol. The fourth-order valence-electron chi connectivity index (χ4n) is 2.98. The monoisotopic (exact) mass is 399 g/mol. The van der Waals surface area contributed by atoms with Gasteiger partial charge in [0.1, 0.15) is 5.82 Å². The van der Waals surface area contributed by atoms with Crippen molar-refractivity contribution in [2.24, 2.45) is 0 Å². The number of H-pyrrole nitrogens is 1. The minimum absolute atomic E-state index is 0.0493. The van der Waals surface area contributed by atoms with Crippen molar-refractivity contribution in [2.45, 2.75) is 13.1 Å². The Bertz CT molecular complexity index is 1100. The van der Waals surface area contributed by atoms with Crippen LogP contribution in [0.4, 0.5) is 10.1 Å². The van der Waals surface area contributed by atoms with E-state index >= 15 is 0 Å². The van der Waals surface area contributed by atoms with E-state index < -0.39 is 16.0 Å². The van der Waals surface area contributed by atoms with Crippen LogP contribution in [-0.4, -0.2) is 17.7 Å². The molecule has 0 atom stereocenters. The molecule has 9 heteroatoms. The second-order valence-corrected chi connectivity index (χ2v) is 8.27. The van der Waals surface area contributed by atoms with Crippen LogP contribution in [0.1, 0.15) is 11.1 Å². The third kappa shape index (κ3) is 2.87. The van der Waals surface area contributed by atoms with Gasteiger partial charge in [-0.15, -0.1) is 0 Å². The molecule has 5 nitrogen and oxygen atoms in total. The van der Waals surface area contributed by atoms with Gasteiger partial charge in [0.2, 0.25) is 0 Å². The van der Waals surface area contributed by atoms with Crippen molar-refractivity contribution >= 4 is 50.0 Å². The van der Waals surface area contributed by atoms with Crippen molar-refractivity contribution < 1.29 is 12.8 Å². The predicted octanol–water partition coefficient (Wildman–Crippen LogP) is 4.29. The van der Waals surface area contributed by atoms with Crippen LogP contribution in [0.5, 0.6) is 0 Å². The topological polar surface area (TPSA) is 65.2 Å². The number of rotatable bonds is 2. The number of nitrogens with zero attached hydrogens (tertiary/aromatic N) is 1. The lowest BCUT2D eigenvalue weighted by molar-refractivity contribution is 0.399. The van der Waals surface area contributed by atoms with Crippen LogP contribution in [0.2, 0.25) is 10.0 Å². The van der Waals surface area contributed by atoms with Crippen LogP contribution in [0.25, 0.3) is 10.9 Å². The van der Waals surface area contributed by atoms with E-state index in [4.69, 9.17) is 23.2 Å². The molecule has 1 aliphatic rings. The van der Waals surface area contributed by atoms with Gasteiger partial charge in [0.05, 0.1) is 21.2 Å². The minimum atomic E-state index is -3.79. The number of aromatic amines is 1. The molecule has 130 valence electrons. The Labute approximate surface area is 153 Å². The van der Waals surface area contributed by atoms with Crippen molar-refractivity contribution in [1.82, 2.24) is 9.29 Å². The van der Waals surface area contributed by atoms with E-state index in [0.717, 1.165) is 0 Å². The molecule has 0 unspecified atom stereocenters. The molecule has 0 aliphatic carbocycles. The Balaban J connectivity index is 1.78. The molecule has 0 spiro atoms. The number of hydrogen-bond acceptors (Lipinski definition) is 2. The maximum Gasteiger partial charge on any atom is 0.302 e. The maximum absolute atomic E-state index is 13.4. The predicted molar refractivity (Wildman–Crippen MR) is 96.5 cm³/mol. The first-order valence-electron chi connectivity index (χ1n) is 7.35. The number of halogens is 3. The summed E-state index contributed by atoms with van der Waals surface area (Å²) in [6.45, 7) is 0.168. The zero-order chi connectivity index (χ0) is 17.8. The second kappa shape index (κ2) is 5.88. The van der Waals surface area contributed by atoms with Gasteiger partial charge in [-0.25, -0.2) is 4.39 Å². The summed E-state index contributed by atoms with van der Waals surface area (Å²) in [5, 5.41) is 1.43. The number of fused-ring (bicyclic) bond motifs is 3. The molecule has 0 saturated heterocycles. The van der Waals surface area contributed by atoms with E-state index in [9.17, 15) is 12.8 Å². The molecular formula is C16H12Cl2FN3O2S. The van der Waals surface area contributed by atoms with Crippen LogP contribution in [0, 0.1) is 5.82 Å². The van der Waals surface area contributed by atoms with Crippen molar-refractivity contribution in [3.05, 3.63) is 63.5 Å². The standard InChI is InChI=1S/C16H12Cl2FN3O2S/c17-12-5-10-8-22(7-9-2-1-3-11(19)4-9)25(23,24)21-15(10)16-14(12)13(18)6-20-16/h1-6,20-21H,7-8H2. The lowest BCUT2D eigenvalue weighted by Gasteiger charge is -2.29. The summed E-state index contributed by atoms with van der Waals surface area (Å²) in [6.07, 6.45) is 1.56. The molecule has 0 fully saturated rings. The van der Waals surface area contributed by atoms with E-state index in [-0.39, 0.29) is 13.1 Å². The number of anilines is 1. The molecule has 2 N–H and O–H groups in total. The molecule has 0 amide bonds. The Morgan fingerprint density at radius 3 is 2.76 bits per heavy atom. The van der Waals surface area contributed by atoms with Gasteiger partial charge in [-0.05, 0) is 29.3 Å². The first kappa shape index (κ1) is 16.7. The molecule has 1 aromatic heterocycles. The molecule has 0 radical (unpaired) electrons. The summed E-state index contributed by atoms with van der Waals surface area (Å²) in [5.41, 5.74) is 2.24. The highest BCUT2D eigenvalue weighted by Gasteiger charge is 2.31. The van der Waals surface area contributed by atoms with Crippen molar-refractivity contribution in [1.29, 1.82) is 0 Å². The lowest BCUT2D eigenvalue weighted by atomic mass is 10.1. The van der Waals surface area contributed by atoms with E-state index in [1.165, 1.54) is 16.4 Å². The molecule has 0 saturated carbocycles. The highest BCUT2D eigenvalue weighted by molar-refractivity contribution is 7.90. The molecule has 0 bridgehead atoms. The quantitative estimate of drug-likeness (QED) is 0.674. The smallest absolute Gasteiger partial charge is 0.302 e. The van der Waals surface area contributed by atoms with Crippen molar-refractivity contribution in [3.63, 3.8) is 0 Å². The molecule has 3 aromatic rings. The Hall–Kier alpha value is -1.80. The van der Waals surface area contributed by atoms with Crippen molar-refractivity contribution in [2.75, 3.05) is 4.72 Å². The summed E-state index contributed by atoms with van der Waals surface area (Å²) in [6, 6.07) is 7.54. The van der Waals surface area contributed by atoms with Gasteiger partial charge in [0, 0.05) is 24.7 Å². The van der Waals surface area contributed by atoms with Crippen LogP contribution >= 0.6 is 23.2 Å². The summed E-state index contributed by atoms with van der Waals surface area (Å²) >= 11 is 12.4. The van der Waals surface area contributed by atoms with Gasteiger partial charge in [0.25, 0.3) is 0 Å². The molecule has 2 aromatic carbocycles. The number of hydrogen-bond donors (Lipinski definition) is 2. The van der Waals surface area contributed by atoms with Gasteiger partial charge in [0.15, 0.2) is 0 Å². The second-order valence-electron chi connectivity index (χ2n) is 5.78. The van der Waals surface area contributed by atoms with E-state index in [1.807, 2.05) is 0 Å². The Morgan fingerprint density at radius 1 is 1.20 bits per heavy atom. The Kier molecular flexibility index (Phi) is 3.92. The maximum atomic E-state index is 13.4. The normalized spacial score (nSPS) is 16.6. The van der Waals surface area contributed by atoms with Crippen LogP contribution in [0.15, 0.2) is 36.5 Å². The molecule has 2 heterocycles. The van der Waals surface area contributed by atoms with Crippen molar-refractivity contribution in [3.8, 4) is 0 Å². The van der Waals surface area contributed by atoms with Crippen LogP contribution in [-0.2, 0) is 23.3 Å². The third-order valence-electron chi connectivity index (χ3n) is 4.11. The van der Waals surface area contributed by atoms with E-state index in [0.29, 0.717) is 37.8 Å². The molecule has 1 aliphatic heterocycles. The average Bonchev–Trinajstić information content (AvgIpc) is 2.92. The number of aromatic nitrogens is 1. The zero-order valence-corrected chi connectivity index (χ0v) is 15.0. The van der Waals surface area contributed by atoms with E-state index in [2.05, 4.69) is 9.71 Å². The lowest BCUT2D eigenvalue weighted by Crippen LogP contribution is -2.39. The first-order chi connectivity index (χ1) is 11.8. The highest BCUT2D eigenvalue weighted by Crippen LogP contribution is 2.40. The molecular weight excluding hydrogens is 388 g/mol. The third-order valence-corrected chi connectivity index (χ3v) is 6.10. The van der Waals surface area contributed by atoms with Gasteiger partial charge in [-0.1, -0.05) is 35.3 Å². The van der Waals surface area contributed by atoms with Gasteiger partial charge in [-0.3, -0.25) is 4.72 Å². The van der Waals surface area contributed by atoms with E-state index in [1.54, 1.807) is 24.4 Å². The number of benzene rings is 2. The Morgan fingerprint density at radius 2 is 2.00 bits per heavy atom. The first-order valence-corrected chi connectivity index (χ1v) is 9.55. The fourth-order valence-corrected chi connectivity index (χ4v) is 4.85. The summed E-state index contributed by atoms with van der Waals surface area (Å²) in [7, 11) is -3.79. The fraction of sp³-hybridized carbons (Fsp3) is 0.125. The van der Waals surface area contributed by atoms with Crippen LogP contribution < -0.4 is 4.72 Å². The highest BCUT2D eigenvalue weighted by atomic mass is 35.5. The summed E-state index contributed by atoms with van der Waals surface area (Å²) in [4.78, 5) is 2.96. The summed E-state index contributed by atoms with van der Waals surface area (Å²) < 4.78 is 42.4. The number of nitrogens with one attached hydrogen (secondary N) is 2. The van der Waals surface area contributed by atoms with Crippen LogP contribution in [0.3, 0.4) is 0 Å². The van der Waals surface area contributed by atoms with Gasteiger partial charge in [-0.2, -0.15) is 12.7 Å².